The summed E-state index contributed by atoms with van der Waals surface area (Å²) in [6, 6.07) is 21.1. The van der Waals surface area contributed by atoms with Gasteiger partial charge in [0, 0.05) is 23.0 Å². The number of hydrogen-bond acceptors (Lipinski definition) is 5. The Morgan fingerprint density at radius 2 is 1.63 bits per heavy atom. The van der Waals surface area contributed by atoms with Crippen molar-refractivity contribution in [2.75, 3.05) is 24.2 Å². The Kier molecular flexibility index (Phi) is 10.6. The van der Waals surface area contributed by atoms with Gasteiger partial charge in [-0.1, -0.05) is 64.5 Å². The summed E-state index contributed by atoms with van der Waals surface area (Å²) in [6.07, 6.45) is 1.30. The van der Waals surface area contributed by atoms with Crippen LogP contribution in [-0.4, -0.2) is 56.6 Å². The van der Waals surface area contributed by atoms with Gasteiger partial charge in [-0.05, 0) is 68.7 Å². The Morgan fingerprint density at radius 3 is 2.22 bits per heavy atom. The summed E-state index contributed by atoms with van der Waals surface area (Å²) in [7, 11) is -2.46. The maximum atomic E-state index is 14.2. The molecule has 220 valence electrons. The lowest BCUT2D eigenvalue weighted by Crippen LogP contribution is -2.56. The van der Waals surface area contributed by atoms with E-state index in [0.717, 1.165) is 31.7 Å². The minimum Gasteiger partial charge on any atom is -0.495 e. The maximum absolute atomic E-state index is 14.2. The van der Waals surface area contributed by atoms with Crippen LogP contribution < -0.4 is 14.4 Å². The number of benzene rings is 3. The van der Waals surface area contributed by atoms with Crippen LogP contribution >= 0.6 is 15.9 Å². The first-order valence-electron chi connectivity index (χ1n) is 13.2. The molecule has 0 aliphatic rings. The van der Waals surface area contributed by atoms with Crippen molar-refractivity contribution in [1.29, 1.82) is 0 Å². The predicted molar refractivity (Wildman–Crippen MR) is 166 cm³/mol. The number of carbonyl (C=O) groups excluding carboxylic acids is 2. The first-order chi connectivity index (χ1) is 19.2. The van der Waals surface area contributed by atoms with Gasteiger partial charge in [0.2, 0.25) is 21.8 Å². The summed E-state index contributed by atoms with van der Waals surface area (Å²) in [4.78, 5) is 29.5. The number of methoxy groups -OCH3 is 1. The molecule has 1 N–H and O–H groups in total. The smallest absolute Gasteiger partial charge is 0.244 e. The highest BCUT2D eigenvalue weighted by atomic mass is 79.9. The second kappa shape index (κ2) is 13.5. The van der Waals surface area contributed by atoms with E-state index in [1.54, 1.807) is 18.2 Å². The Balaban J connectivity index is 2.12. The molecule has 3 aromatic carbocycles. The average Bonchev–Trinajstić information content (AvgIpc) is 2.88. The van der Waals surface area contributed by atoms with Gasteiger partial charge in [-0.25, -0.2) is 8.42 Å². The van der Waals surface area contributed by atoms with Gasteiger partial charge in [-0.15, -0.1) is 0 Å². The summed E-state index contributed by atoms with van der Waals surface area (Å²) in [5, 5.41) is 3.02. The van der Waals surface area contributed by atoms with Gasteiger partial charge in [-0.3, -0.25) is 13.9 Å². The first kappa shape index (κ1) is 32.1. The fourth-order valence-corrected chi connectivity index (χ4v) is 5.72. The normalized spacial score (nSPS) is 12.4. The summed E-state index contributed by atoms with van der Waals surface area (Å²) in [6.45, 7) is 7.04. The molecule has 10 heteroatoms. The molecular formula is C31H38BrN3O5S. The van der Waals surface area contributed by atoms with E-state index >= 15 is 0 Å². The van der Waals surface area contributed by atoms with Crippen LogP contribution in [0.4, 0.5) is 5.69 Å². The molecule has 0 unspecified atom stereocenters. The van der Waals surface area contributed by atoms with Crippen LogP contribution in [0.1, 0.15) is 37.5 Å². The van der Waals surface area contributed by atoms with Gasteiger partial charge in [-0.2, -0.15) is 0 Å². The zero-order valence-electron chi connectivity index (χ0n) is 24.3. The van der Waals surface area contributed by atoms with Crippen molar-refractivity contribution in [3.63, 3.8) is 0 Å². The molecular weight excluding hydrogens is 606 g/mol. The summed E-state index contributed by atoms with van der Waals surface area (Å²) in [5.74, 6) is -0.536. The van der Waals surface area contributed by atoms with E-state index in [9.17, 15) is 18.0 Å². The van der Waals surface area contributed by atoms with E-state index in [-0.39, 0.29) is 24.6 Å². The maximum Gasteiger partial charge on any atom is 0.244 e. The summed E-state index contributed by atoms with van der Waals surface area (Å²) < 4.78 is 33.4. The molecule has 3 rings (SSSR count). The molecule has 0 bridgehead atoms. The molecule has 0 aromatic heterocycles. The number of hydrogen-bond donors (Lipinski definition) is 1. The van der Waals surface area contributed by atoms with Crippen molar-refractivity contribution in [2.45, 2.75) is 52.2 Å². The molecule has 0 fully saturated rings. The number of rotatable bonds is 11. The lowest BCUT2D eigenvalue weighted by atomic mass is 10.0. The average molecular weight is 645 g/mol. The summed E-state index contributed by atoms with van der Waals surface area (Å²) in [5.41, 5.74) is 2.16. The van der Waals surface area contributed by atoms with Gasteiger partial charge in [0.1, 0.15) is 18.3 Å². The highest BCUT2D eigenvalue weighted by Crippen LogP contribution is 2.31. The second-order valence-electron chi connectivity index (χ2n) is 11.0. The fraction of sp³-hybridized carbons (Fsp3) is 0.355. The first-order valence-corrected chi connectivity index (χ1v) is 15.8. The fourth-order valence-electron chi connectivity index (χ4n) is 4.43. The molecule has 0 aliphatic heterocycles. The van der Waals surface area contributed by atoms with Crippen LogP contribution in [0, 0.1) is 6.92 Å². The molecule has 0 spiro atoms. The molecule has 0 radical (unpaired) electrons. The van der Waals surface area contributed by atoms with Gasteiger partial charge in [0.25, 0.3) is 0 Å². The minimum atomic E-state index is -3.91. The monoisotopic (exact) mass is 643 g/mol. The van der Waals surface area contributed by atoms with Crippen LogP contribution in [0.15, 0.2) is 77.3 Å². The van der Waals surface area contributed by atoms with Crippen molar-refractivity contribution in [1.82, 2.24) is 10.2 Å². The van der Waals surface area contributed by atoms with Crippen LogP contribution in [0.25, 0.3) is 0 Å². The van der Waals surface area contributed by atoms with Crippen LogP contribution in [-0.2, 0) is 32.6 Å². The van der Waals surface area contributed by atoms with Crippen molar-refractivity contribution in [3.8, 4) is 5.75 Å². The number of halogens is 1. The third-order valence-electron chi connectivity index (χ3n) is 6.29. The quantitative estimate of drug-likeness (QED) is 0.314. The molecule has 0 aliphatic carbocycles. The van der Waals surface area contributed by atoms with E-state index < -0.39 is 34.1 Å². The number of anilines is 1. The van der Waals surface area contributed by atoms with Crippen molar-refractivity contribution >= 4 is 43.5 Å². The zero-order valence-corrected chi connectivity index (χ0v) is 26.8. The Bertz CT molecular complexity index is 1470. The SMILES string of the molecule is COc1ccc(C)cc1N(CC(=O)N(Cc1cccc(Br)c1)[C@@H](Cc1ccccc1)C(=O)NC(C)(C)C)S(C)(=O)=O. The molecule has 3 aromatic rings. The lowest BCUT2D eigenvalue weighted by molar-refractivity contribution is -0.140. The number of aryl methyl sites for hydroxylation is 1. The van der Waals surface area contributed by atoms with Gasteiger partial charge in [0.05, 0.1) is 19.1 Å². The molecule has 8 nitrogen and oxygen atoms in total. The van der Waals surface area contributed by atoms with E-state index in [2.05, 4.69) is 21.2 Å². The molecule has 0 saturated heterocycles. The van der Waals surface area contributed by atoms with Crippen LogP contribution in [0.3, 0.4) is 0 Å². The summed E-state index contributed by atoms with van der Waals surface area (Å²) >= 11 is 3.48. The predicted octanol–water partition coefficient (Wildman–Crippen LogP) is 5.09. The zero-order chi connectivity index (χ0) is 30.4. The number of amides is 2. The minimum absolute atomic E-state index is 0.0931. The third kappa shape index (κ3) is 9.33. The highest BCUT2D eigenvalue weighted by molar-refractivity contribution is 9.10. The van der Waals surface area contributed by atoms with Crippen LogP contribution in [0.2, 0.25) is 0 Å². The Morgan fingerprint density at radius 1 is 0.976 bits per heavy atom. The number of ether oxygens (including phenoxy) is 1. The van der Waals surface area contributed by atoms with E-state index in [0.29, 0.717) is 5.75 Å². The van der Waals surface area contributed by atoms with E-state index in [1.807, 2.05) is 82.3 Å². The second-order valence-corrected chi connectivity index (χ2v) is 13.9. The standard InChI is InChI=1S/C31H38BrN3O5S/c1-22-15-16-28(40-5)26(17-22)35(41(6,38)39)21-29(36)34(20-24-13-10-14-25(32)18-24)27(30(37)33-31(2,3)4)19-23-11-8-7-9-12-23/h7-18,27H,19-21H2,1-6H3,(H,33,37)/t27-/m0/s1. The van der Waals surface area contributed by atoms with Crippen molar-refractivity contribution in [2.24, 2.45) is 0 Å². The largest absolute Gasteiger partial charge is 0.495 e. The molecule has 2 amide bonds. The Labute approximate surface area is 251 Å². The van der Waals surface area contributed by atoms with Crippen molar-refractivity contribution in [3.05, 3.63) is 94.0 Å². The van der Waals surface area contributed by atoms with Gasteiger partial charge in [0.15, 0.2) is 0 Å². The third-order valence-corrected chi connectivity index (χ3v) is 7.91. The number of nitrogens with zero attached hydrogens (tertiary/aromatic N) is 2. The number of sulfonamides is 1. The molecule has 0 saturated carbocycles. The number of carbonyl (C=O) groups is 2. The van der Waals surface area contributed by atoms with Gasteiger partial charge >= 0.3 is 0 Å². The lowest BCUT2D eigenvalue weighted by Gasteiger charge is -2.35. The molecule has 41 heavy (non-hydrogen) atoms. The van der Waals surface area contributed by atoms with Crippen molar-refractivity contribution < 1.29 is 22.7 Å². The van der Waals surface area contributed by atoms with E-state index in [1.165, 1.54) is 12.0 Å². The Hall–Kier alpha value is -3.37. The molecule has 0 heterocycles. The van der Waals surface area contributed by atoms with E-state index in [4.69, 9.17) is 4.74 Å². The topological polar surface area (TPSA) is 96.0 Å². The van der Waals surface area contributed by atoms with Crippen LogP contribution in [0.5, 0.6) is 5.75 Å². The molecule has 1 atom stereocenters. The highest BCUT2D eigenvalue weighted by Gasteiger charge is 2.35. The number of nitrogens with one attached hydrogen (secondary N) is 1. The van der Waals surface area contributed by atoms with Gasteiger partial charge < -0.3 is 15.0 Å².